The van der Waals surface area contributed by atoms with Gasteiger partial charge in [0, 0.05) is 12.0 Å². The molecule has 2 N–H and O–H groups in total. The number of halogens is 1. The standard InChI is InChI=1S/C22H17FN4O/c23-18-8-4-7-16(11-18)14-24-27-22(28)17-9-10-19-20(13-17)26-21(25-19)12-15-5-2-1-3-6-15/h1-11,13-14H,12H2,(H,25,26)(H,27,28)/b24-14-. The Kier molecular flexibility index (Phi) is 4.93. The van der Waals surface area contributed by atoms with Gasteiger partial charge in [0.05, 0.1) is 17.2 Å². The van der Waals surface area contributed by atoms with E-state index < -0.39 is 0 Å². The average Bonchev–Trinajstić information content (AvgIpc) is 3.10. The molecular weight excluding hydrogens is 355 g/mol. The van der Waals surface area contributed by atoms with Gasteiger partial charge in [-0.1, -0.05) is 42.5 Å². The summed E-state index contributed by atoms with van der Waals surface area (Å²) in [4.78, 5) is 20.1. The topological polar surface area (TPSA) is 70.1 Å². The predicted molar refractivity (Wildman–Crippen MR) is 107 cm³/mol. The first-order valence-electron chi connectivity index (χ1n) is 8.79. The number of carbonyl (C=O) groups is 1. The van der Waals surface area contributed by atoms with Crippen LogP contribution in [0.3, 0.4) is 0 Å². The summed E-state index contributed by atoms with van der Waals surface area (Å²) in [6.45, 7) is 0. The summed E-state index contributed by atoms with van der Waals surface area (Å²) in [5, 5.41) is 3.88. The lowest BCUT2D eigenvalue weighted by Gasteiger charge is -2.00. The molecule has 5 nitrogen and oxygen atoms in total. The number of hydrogen-bond donors (Lipinski definition) is 2. The van der Waals surface area contributed by atoms with Crippen molar-refractivity contribution in [3.05, 3.63) is 101 Å². The second kappa shape index (κ2) is 7.84. The molecule has 6 heteroatoms. The van der Waals surface area contributed by atoms with E-state index in [-0.39, 0.29) is 11.7 Å². The number of nitrogens with zero attached hydrogens (tertiary/aromatic N) is 2. The lowest BCUT2D eigenvalue weighted by molar-refractivity contribution is 0.0955. The molecule has 0 aliphatic carbocycles. The highest BCUT2D eigenvalue weighted by Crippen LogP contribution is 2.16. The zero-order valence-electron chi connectivity index (χ0n) is 14.9. The van der Waals surface area contributed by atoms with Crippen LogP contribution in [0.5, 0.6) is 0 Å². The number of carbonyl (C=O) groups excluding carboxylic acids is 1. The summed E-state index contributed by atoms with van der Waals surface area (Å²) >= 11 is 0. The third-order valence-corrected chi connectivity index (χ3v) is 4.24. The Labute approximate surface area is 160 Å². The first-order chi connectivity index (χ1) is 13.7. The monoisotopic (exact) mass is 372 g/mol. The van der Waals surface area contributed by atoms with E-state index in [4.69, 9.17) is 0 Å². The molecule has 28 heavy (non-hydrogen) atoms. The third kappa shape index (κ3) is 4.12. The van der Waals surface area contributed by atoms with E-state index in [1.807, 2.05) is 30.3 Å². The minimum atomic E-state index is -0.355. The van der Waals surface area contributed by atoms with Crippen molar-refractivity contribution in [3.63, 3.8) is 0 Å². The zero-order chi connectivity index (χ0) is 19.3. The Hall–Kier alpha value is -3.80. The van der Waals surface area contributed by atoms with Crippen molar-refractivity contribution < 1.29 is 9.18 Å². The number of nitrogens with one attached hydrogen (secondary N) is 2. The van der Waals surface area contributed by atoms with Gasteiger partial charge in [-0.3, -0.25) is 4.79 Å². The van der Waals surface area contributed by atoms with Crippen molar-refractivity contribution in [3.8, 4) is 0 Å². The van der Waals surface area contributed by atoms with Crippen LogP contribution < -0.4 is 5.43 Å². The molecule has 0 unspecified atom stereocenters. The van der Waals surface area contributed by atoms with Gasteiger partial charge in [0.1, 0.15) is 11.6 Å². The number of hydrazone groups is 1. The molecule has 4 aromatic rings. The summed E-state index contributed by atoms with van der Waals surface area (Å²) in [5.74, 6) is 0.128. The van der Waals surface area contributed by atoms with Crippen molar-refractivity contribution >= 4 is 23.2 Å². The molecule has 1 heterocycles. The predicted octanol–water partition coefficient (Wildman–Crippen LogP) is 4.06. The fraction of sp³-hybridized carbons (Fsp3) is 0.0455. The Morgan fingerprint density at radius 3 is 2.75 bits per heavy atom. The summed E-state index contributed by atoms with van der Waals surface area (Å²) in [6, 6.07) is 21.2. The average molecular weight is 372 g/mol. The van der Waals surface area contributed by atoms with Gasteiger partial charge < -0.3 is 4.98 Å². The largest absolute Gasteiger partial charge is 0.342 e. The molecule has 0 fully saturated rings. The summed E-state index contributed by atoms with van der Waals surface area (Å²) in [6.07, 6.45) is 2.09. The molecule has 0 radical (unpaired) electrons. The van der Waals surface area contributed by atoms with Gasteiger partial charge in [0.15, 0.2) is 0 Å². The Bertz CT molecular complexity index is 1150. The van der Waals surface area contributed by atoms with E-state index in [0.29, 0.717) is 17.5 Å². The maximum atomic E-state index is 13.1. The van der Waals surface area contributed by atoms with E-state index in [1.54, 1.807) is 30.3 Å². The van der Waals surface area contributed by atoms with E-state index in [2.05, 4.69) is 20.5 Å². The number of aromatic amines is 1. The van der Waals surface area contributed by atoms with E-state index in [1.165, 1.54) is 18.3 Å². The van der Waals surface area contributed by atoms with Gasteiger partial charge in [-0.2, -0.15) is 5.10 Å². The Balaban J connectivity index is 1.47. The van der Waals surface area contributed by atoms with Gasteiger partial charge >= 0.3 is 0 Å². The van der Waals surface area contributed by atoms with Crippen LogP contribution in [0.4, 0.5) is 4.39 Å². The van der Waals surface area contributed by atoms with E-state index in [9.17, 15) is 9.18 Å². The molecule has 3 aromatic carbocycles. The second-order valence-corrected chi connectivity index (χ2v) is 6.33. The highest BCUT2D eigenvalue weighted by Gasteiger charge is 2.09. The Morgan fingerprint density at radius 1 is 1.07 bits per heavy atom. The Morgan fingerprint density at radius 2 is 1.93 bits per heavy atom. The van der Waals surface area contributed by atoms with Gasteiger partial charge in [-0.05, 0) is 41.5 Å². The molecule has 0 saturated heterocycles. The molecular formula is C22H17FN4O. The molecule has 0 aliphatic rings. The third-order valence-electron chi connectivity index (χ3n) is 4.24. The molecule has 0 saturated carbocycles. The van der Waals surface area contributed by atoms with Gasteiger partial charge in [-0.25, -0.2) is 14.8 Å². The minimum absolute atomic E-state index is 0.353. The number of fused-ring (bicyclic) bond motifs is 1. The lowest BCUT2D eigenvalue weighted by atomic mass is 10.1. The van der Waals surface area contributed by atoms with Crippen LogP contribution in [-0.2, 0) is 6.42 Å². The molecule has 0 spiro atoms. The van der Waals surface area contributed by atoms with Gasteiger partial charge in [0.25, 0.3) is 5.91 Å². The molecule has 4 rings (SSSR count). The number of aromatic nitrogens is 2. The van der Waals surface area contributed by atoms with E-state index in [0.717, 1.165) is 22.4 Å². The lowest BCUT2D eigenvalue weighted by Crippen LogP contribution is -2.17. The maximum Gasteiger partial charge on any atom is 0.271 e. The van der Waals surface area contributed by atoms with Crippen LogP contribution in [0.1, 0.15) is 27.3 Å². The van der Waals surface area contributed by atoms with Crippen LogP contribution >= 0.6 is 0 Å². The van der Waals surface area contributed by atoms with Crippen LogP contribution in [-0.4, -0.2) is 22.1 Å². The number of H-pyrrole nitrogens is 1. The van der Waals surface area contributed by atoms with Gasteiger partial charge in [-0.15, -0.1) is 0 Å². The molecule has 1 aromatic heterocycles. The van der Waals surface area contributed by atoms with Crippen molar-refractivity contribution in [2.24, 2.45) is 5.10 Å². The fourth-order valence-electron chi connectivity index (χ4n) is 2.89. The molecule has 138 valence electrons. The molecule has 0 bridgehead atoms. The molecule has 1 amide bonds. The summed E-state index contributed by atoms with van der Waals surface area (Å²) < 4.78 is 13.1. The van der Waals surface area contributed by atoms with Crippen molar-refractivity contribution in [2.45, 2.75) is 6.42 Å². The van der Waals surface area contributed by atoms with Crippen molar-refractivity contribution in [1.82, 2.24) is 15.4 Å². The van der Waals surface area contributed by atoms with E-state index >= 15 is 0 Å². The molecule has 0 atom stereocenters. The number of rotatable bonds is 5. The number of hydrogen-bond acceptors (Lipinski definition) is 3. The first kappa shape index (κ1) is 17.6. The fourth-order valence-corrected chi connectivity index (χ4v) is 2.89. The SMILES string of the molecule is O=C(N/N=C\c1cccc(F)c1)c1ccc2nc(Cc3ccccc3)[nH]c2c1. The zero-order valence-corrected chi connectivity index (χ0v) is 14.9. The number of amides is 1. The quantitative estimate of drug-likeness (QED) is 0.410. The summed E-state index contributed by atoms with van der Waals surface area (Å²) in [5.41, 5.74) is 6.21. The second-order valence-electron chi connectivity index (χ2n) is 6.33. The number of imidazole rings is 1. The highest BCUT2D eigenvalue weighted by molar-refractivity contribution is 5.97. The normalized spacial score (nSPS) is 11.2. The maximum absolute atomic E-state index is 13.1. The highest BCUT2D eigenvalue weighted by atomic mass is 19.1. The number of benzene rings is 3. The van der Waals surface area contributed by atoms with Crippen molar-refractivity contribution in [1.29, 1.82) is 0 Å². The van der Waals surface area contributed by atoms with Crippen LogP contribution in [0.15, 0.2) is 77.9 Å². The first-order valence-corrected chi connectivity index (χ1v) is 8.79. The molecule has 0 aliphatic heterocycles. The van der Waals surface area contributed by atoms with Crippen LogP contribution in [0.25, 0.3) is 11.0 Å². The minimum Gasteiger partial charge on any atom is -0.342 e. The van der Waals surface area contributed by atoms with Crippen LogP contribution in [0, 0.1) is 5.82 Å². The van der Waals surface area contributed by atoms with Crippen molar-refractivity contribution in [2.75, 3.05) is 0 Å². The smallest absolute Gasteiger partial charge is 0.271 e. The summed E-state index contributed by atoms with van der Waals surface area (Å²) in [7, 11) is 0. The van der Waals surface area contributed by atoms with Crippen LogP contribution in [0.2, 0.25) is 0 Å². The van der Waals surface area contributed by atoms with Gasteiger partial charge in [0.2, 0.25) is 0 Å².